The number of benzene rings is 2. The van der Waals surface area contributed by atoms with Gasteiger partial charge < -0.3 is 15.1 Å². The number of nitrogens with zero attached hydrogens (tertiary/aromatic N) is 2. The van der Waals surface area contributed by atoms with Crippen molar-refractivity contribution in [1.29, 1.82) is 5.26 Å². The second-order valence-electron chi connectivity index (χ2n) is 10.3. The van der Waals surface area contributed by atoms with Gasteiger partial charge in [-0.25, -0.2) is 4.39 Å². The van der Waals surface area contributed by atoms with Gasteiger partial charge in [-0.15, -0.1) is 0 Å². The van der Waals surface area contributed by atoms with Crippen LogP contribution in [0.25, 0.3) is 33.6 Å². The summed E-state index contributed by atoms with van der Waals surface area (Å²) in [6, 6.07) is 13.9. The highest BCUT2D eigenvalue weighted by atomic mass is 19.4. The highest BCUT2D eigenvalue weighted by Gasteiger charge is 2.30. The minimum absolute atomic E-state index is 0.0104. The Bertz CT molecular complexity index is 1680. The highest BCUT2D eigenvalue weighted by molar-refractivity contribution is 6.11. The van der Waals surface area contributed by atoms with Crippen LogP contribution in [0, 0.1) is 29.5 Å². The van der Waals surface area contributed by atoms with Crippen LogP contribution in [0.4, 0.5) is 23.4 Å². The zero-order valence-electron chi connectivity index (χ0n) is 22.7. The maximum absolute atomic E-state index is 14.8. The third-order valence-corrected chi connectivity index (χ3v) is 6.34. The Labute approximate surface area is 233 Å². The zero-order chi connectivity index (χ0) is 30.1. The molecule has 0 spiro atoms. The number of alkyl halides is 3. The molecular formula is C30H26F4N4O3. The summed E-state index contributed by atoms with van der Waals surface area (Å²) >= 11 is 0. The molecule has 2 aromatic heterocycles. The highest BCUT2D eigenvalue weighted by Crippen LogP contribution is 2.39. The maximum Gasteiger partial charge on any atom is 0.405 e. The van der Waals surface area contributed by atoms with Crippen LogP contribution in [0.15, 0.2) is 52.9 Å². The first-order valence-corrected chi connectivity index (χ1v) is 12.5. The van der Waals surface area contributed by atoms with Gasteiger partial charge in [0.25, 0.3) is 5.91 Å². The normalized spacial score (nSPS) is 11.8. The minimum Gasteiger partial charge on any atom is -0.437 e. The number of aryl methyl sites for hydroxylation is 1. The molecule has 4 aromatic rings. The van der Waals surface area contributed by atoms with E-state index in [9.17, 15) is 32.4 Å². The molecule has 0 aliphatic carbocycles. The molecule has 2 heterocycles. The molecular weight excluding hydrogens is 540 g/mol. The molecule has 0 aliphatic heterocycles. The van der Waals surface area contributed by atoms with Crippen molar-refractivity contribution in [3.05, 3.63) is 71.0 Å². The average molecular weight is 567 g/mol. The quantitative estimate of drug-likeness (QED) is 0.175. The van der Waals surface area contributed by atoms with Crippen LogP contribution in [0.2, 0.25) is 0 Å². The van der Waals surface area contributed by atoms with Crippen LogP contribution in [-0.4, -0.2) is 36.4 Å². The molecule has 4 rings (SSSR count). The van der Waals surface area contributed by atoms with Crippen LogP contribution in [0.1, 0.15) is 46.5 Å². The van der Waals surface area contributed by atoms with E-state index < -0.39 is 35.6 Å². The molecule has 1 amide bonds. The molecule has 0 radical (unpaired) electrons. The fraction of sp³-hybridized carbons (Fsp3) is 0.267. The van der Waals surface area contributed by atoms with E-state index in [4.69, 9.17) is 4.42 Å². The van der Waals surface area contributed by atoms with Crippen molar-refractivity contribution < 1.29 is 31.6 Å². The molecule has 0 saturated carbocycles. The fourth-order valence-electron chi connectivity index (χ4n) is 4.27. The van der Waals surface area contributed by atoms with Crippen molar-refractivity contribution >= 4 is 28.6 Å². The number of amides is 1. The molecule has 11 heteroatoms. The molecule has 0 unspecified atom stereocenters. The number of pyridine rings is 1. The summed E-state index contributed by atoms with van der Waals surface area (Å²) in [5.41, 5.74) is 0.442. The van der Waals surface area contributed by atoms with Crippen molar-refractivity contribution in [3.63, 3.8) is 0 Å². The lowest BCUT2D eigenvalue weighted by molar-refractivity contribution is -0.115. The number of rotatable bonds is 8. The fourth-order valence-corrected chi connectivity index (χ4v) is 4.27. The molecule has 212 valence electrons. The van der Waals surface area contributed by atoms with Gasteiger partial charge in [0.1, 0.15) is 23.9 Å². The number of furan rings is 1. The number of anilines is 1. The number of nitriles is 1. The molecule has 2 N–H and O–H groups in total. The molecule has 0 bridgehead atoms. The number of hydrogen-bond acceptors (Lipinski definition) is 6. The van der Waals surface area contributed by atoms with Gasteiger partial charge in [-0.05, 0) is 50.6 Å². The third kappa shape index (κ3) is 6.54. The van der Waals surface area contributed by atoms with Crippen LogP contribution in [-0.2, 0) is 0 Å². The van der Waals surface area contributed by atoms with E-state index in [-0.39, 0.29) is 51.4 Å². The summed E-state index contributed by atoms with van der Waals surface area (Å²) in [7, 11) is 1.42. The summed E-state index contributed by atoms with van der Waals surface area (Å²) in [6.45, 7) is 3.55. The van der Waals surface area contributed by atoms with Gasteiger partial charge in [0.05, 0.1) is 22.4 Å². The van der Waals surface area contributed by atoms with Crippen molar-refractivity contribution in [2.75, 3.05) is 18.9 Å². The van der Waals surface area contributed by atoms with E-state index in [1.165, 1.54) is 19.2 Å². The predicted molar refractivity (Wildman–Crippen MR) is 146 cm³/mol. The van der Waals surface area contributed by atoms with E-state index in [1.54, 1.807) is 26.0 Å². The third-order valence-electron chi connectivity index (χ3n) is 6.34. The van der Waals surface area contributed by atoms with E-state index in [0.717, 1.165) is 17.7 Å². The van der Waals surface area contributed by atoms with Crippen molar-refractivity contribution in [1.82, 2.24) is 10.3 Å². The molecule has 41 heavy (non-hydrogen) atoms. The predicted octanol–water partition coefficient (Wildman–Crippen LogP) is 7.07. The number of nitrogens with one attached hydrogen (secondary N) is 2. The lowest BCUT2D eigenvalue weighted by Crippen LogP contribution is -2.22. The Balaban J connectivity index is 1.96. The van der Waals surface area contributed by atoms with Crippen molar-refractivity contribution in [3.8, 4) is 28.5 Å². The Morgan fingerprint density at radius 1 is 1.05 bits per heavy atom. The van der Waals surface area contributed by atoms with Crippen LogP contribution < -0.4 is 10.6 Å². The lowest BCUT2D eigenvalue weighted by Gasteiger charge is -2.16. The molecule has 0 saturated heterocycles. The number of hydrogen-bond donors (Lipinski definition) is 2. The molecule has 0 atom stereocenters. The van der Waals surface area contributed by atoms with E-state index in [2.05, 4.69) is 15.6 Å². The maximum atomic E-state index is 14.8. The Hall–Kier alpha value is -4.72. The number of fused-ring (bicyclic) bond motifs is 1. The number of Topliss-reactive ketones (excluding diaryl/α,β-unsaturated/α-hetero) is 1. The monoisotopic (exact) mass is 566 g/mol. The molecule has 0 fully saturated rings. The van der Waals surface area contributed by atoms with Gasteiger partial charge in [0.15, 0.2) is 5.78 Å². The lowest BCUT2D eigenvalue weighted by atomic mass is 9.86. The van der Waals surface area contributed by atoms with Gasteiger partial charge in [-0.1, -0.05) is 29.8 Å². The second-order valence-corrected chi connectivity index (χ2v) is 10.3. The summed E-state index contributed by atoms with van der Waals surface area (Å²) in [5, 5.41) is 14.2. The van der Waals surface area contributed by atoms with Crippen molar-refractivity contribution in [2.45, 2.75) is 33.4 Å². The van der Waals surface area contributed by atoms with Crippen molar-refractivity contribution in [2.24, 2.45) is 5.41 Å². The molecule has 2 aromatic carbocycles. The Kier molecular flexibility index (Phi) is 7.88. The zero-order valence-corrected chi connectivity index (χ0v) is 22.7. The number of aromatic nitrogens is 1. The topological polar surface area (TPSA) is 108 Å². The number of ketones is 1. The standard InChI is InChI=1S/C30H26F4N4O3/c1-16-5-7-17(8-6-16)25-24(27(40)36-4)22-12-21(26(38-28(22)41-25)37-15-30(32,33)34)18-9-19(11-20(31)10-18)23(39)13-29(2,3)14-35/h5-12H,13,15H2,1-4H3,(H,36,40)(H,37,38). The number of carbonyl (C=O) groups excluding carboxylic acids is 2. The summed E-state index contributed by atoms with van der Waals surface area (Å²) in [4.78, 5) is 30.2. The minimum atomic E-state index is -4.61. The van der Waals surface area contributed by atoms with E-state index in [0.29, 0.717) is 5.56 Å². The number of carbonyl (C=O) groups is 2. The number of halogens is 4. The van der Waals surface area contributed by atoms with Gasteiger partial charge in [0.2, 0.25) is 5.71 Å². The van der Waals surface area contributed by atoms with E-state index >= 15 is 0 Å². The van der Waals surface area contributed by atoms with Gasteiger partial charge >= 0.3 is 6.18 Å². The largest absolute Gasteiger partial charge is 0.437 e. The molecule has 7 nitrogen and oxygen atoms in total. The van der Waals surface area contributed by atoms with Gasteiger partial charge in [-0.2, -0.15) is 23.4 Å². The SMILES string of the molecule is CNC(=O)c1c(-c2ccc(C)cc2)oc2nc(NCC(F)(F)F)c(-c3cc(F)cc(C(=O)CC(C)(C)C#N)c3)cc12. The smallest absolute Gasteiger partial charge is 0.405 e. The first kappa shape index (κ1) is 29.3. The van der Waals surface area contributed by atoms with Crippen LogP contribution in [0.3, 0.4) is 0 Å². The van der Waals surface area contributed by atoms with Gasteiger partial charge in [-0.3, -0.25) is 9.59 Å². The summed E-state index contributed by atoms with van der Waals surface area (Å²) in [5.74, 6) is -2.01. The summed E-state index contributed by atoms with van der Waals surface area (Å²) < 4.78 is 60.3. The first-order valence-electron chi connectivity index (χ1n) is 12.5. The summed E-state index contributed by atoms with van der Waals surface area (Å²) in [6.07, 6.45) is -4.81. The Morgan fingerprint density at radius 2 is 1.73 bits per heavy atom. The van der Waals surface area contributed by atoms with Crippen LogP contribution in [0.5, 0.6) is 0 Å². The van der Waals surface area contributed by atoms with Crippen LogP contribution >= 0.6 is 0 Å². The second kappa shape index (κ2) is 11.0. The Morgan fingerprint density at radius 3 is 2.34 bits per heavy atom. The van der Waals surface area contributed by atoms with Gasteiger partial charge in [0, 0.05) is 30.2 Å². The first-order chi connectivity index (χ1) is 19.2. The molecule has 0 aliphatic rings. The van der Waals surface area contributed by atoms with E-state index in [1.807, 2.05) is 25.1 Å². The average Bonchev–Trinajstić information content (AvgIpc) is 3.28.